The molecule has 0 saturated heterocycles. The van der Waals surface area contributed by atoms with Crippen LogP contribution in [0.4, 0.5) is 0 Å². The van der Waals surface area contributed by atoms with Gasteiger partial charge in [0.05, 0.1) is 6.61 Å². The van der Waals surface area contributed by atoms with Gasteiger partial charge < -0.3 is 14.6 Å². The maximum absolute atomic E-state index is 12.8. The van der Waals surface area contributed by atoms with Crippen molar-refractivity contribution in [1.29, 1.82) is 0 Å². The molecule has 0 unspecified atom stereocenters. The topological polar surface area (TPSA) is 72.8 Å². The van der Waals surface area contributed by atoms with Crippen LogP contribution in [0.2, 0.25) is 0 Å². The third kappa shape index (κ3) is 10.5. The third-order valence-electron chi connectivity index (χ3n) is 4.93. The molecule has 0 aliphatic rings. The largest absolute Gasteiger partial charge is 0.494 e. The molecule has 0 amide bonds. The Morgan fingerprint density at radius 2 is 1.36 bits per heavy atom. The summed E-state index contributed by atoms with van der Waals surface area (Å²) in [5.74, 6) is 0.296. The second-order valence-corrected chi connectivity index (χ2v) is 9.04. The average Bonchev–Trinajstić information content (AvgIpc) is 2.78. The van der Waals surface area contributed by atoms with Crippen molar-refractivity contribution in [1.82, 2.24) is 0 Å². The van der Waals surface area contributed by atoms with E-state index in [4.69, 9.17) is 14.6 Å². The highest BCUT2D eigenvalue weighted by molar-refractivity contribution is 6.09. The van der Waals surface area contributed by atoms with E-state index in [0.29, 0.717) is 17.7 Å². The predicted molar refractivity (Wildman–Crippen MR) is 131 cm³/mol. The minimum absolute atomic E-state index is 0.0629. The first-order valence-electron chi connectivity index (χ1n) is 11.7. The Morgan fingerprint density at radius 1 is 0.818 bits per heavy atom. The van der Waals surface area contributed by atoms with Gasteiger partial charge in [0.1, 0.15) is 11.4 Å². The quantitative estimate of drug-likeness (QED) is 0.175. The van der Waals surface area contributed by atoms with Crippen LogP contribution in [-0.2, 0) is 9.53 Å². The Kier molecular flexibility index (Phi) is 10.8. The Morgan fingerprint density at radius 3 is 1.94 bits per heavy atom. The molecule has 5 nitrogen and oxygen atoms in total. The lowest BCUT2D eigenvalue weighted by Gasteiger charge is -2.17. The molecule has 2 aromatic carbocycles. The molecule has 0 spiro atoms. The molecule has 0 saturated carbocycles. The molecule has 0 aliphatic carbocycles. The van der Waals surface area contributed by atoms with Gasteiger partial charge in [0.2, 0.25) is 0 Å². The normalized spacial score (nSPS) is 11.5. The van der Waals surface area contributed by atoms with Crippen LogP contribution in [-0.4, -0.2) is 35.7 Å². The summed E-state index contributed by atoms with van der Waals surface area (Å²) in [4.78, 5) is 24.5. The number of aliphatic hydroxyl groups is 1. The molecule has 0 bridgehead atoms. The molecule has 1 N–H and O–H groups in total. The van der Waals surface area contributed by atoms with Gasteiger partial charge >= 0.3 is 5.97 Å². The summed E-state index contributed by atoms with van der Waals surface area (Å²) in [7, 11) is 0. The Balaban J connectivity index is 1.80. The third-order valence-corrected chi connectivity index (χ3v) is 4.93. The highest BCUT2D eigenvalue weighted by atomic mass is 16.6. The zero-order valence-corrected chi connectivity index (χ0v) is 20.0. The van der Waals surface area contributed by atoms with Crippen LogP contribution >= 0.6 is 0 Å². The maximum Gasteiger partial charge on any atom is 0.331 e. The van der Waals surface area contributed by atoms with E-state index in [0.717, 1.165) is 49.8 Å². The Labute approximate surface area is 197 Å². The van der Waals surface area contributed by atoms with E-state index >= 15 is 0 Å². The number of unbranched alkanes of at least 4 members (excludes halogenated alkanes) is 5. The van der Waals surface area contributed by atoms with Crippen molar-refractivity contribution in [2.24, 2.45) is 0 Å². The standard InChI is InChI=1S/C28H36O5/c1-28(2,3)33-26(30)19-12-22-10-13-23(14-11-22)27(31)24-15-17-25(18-16-24)32-21-9-7-5-4-6-8-20-29/h10-19,29H,4-9,20-21H2,1-3H3. The van der Waals surface area contributed by atoms with E-state index in [1.54, 1.807) is 42.5 Å². The van der Waals surface area contributed by atoms with Gasteiger partial charge in [-0.25, -0.2) is 4.79 Å². The molecule has 0 atom stereocenters. The second-order valence-electron chi connectivity index (χ2n) is 9.04. The van der Waals surface area contributed by atoms with Gasteiger partial charge in [0.25, 0.3) is 0 Å². The Bertz CT molecular complexity index is 889. The highest BCUT2D eigenvalue weighted by Crippen LogP contribution is 2.17. The summed E-state index contributed by atoms with van der Waals surface area (Å²) in [6.07, 6.45) is 9.45. The number of aliphatic hydroxyl groups excluding tert-OH is 1. The summed E-state index contributed by atoms with van der Waals surface area (Å²) in [5, 5.41) is 8.77. The lowest BCUT2D eigenvalue weighted by Crippen LogP contribution is -2.22. The fraction of sp³-hybridized carbons (Fsp3) is 0.429. The molecule has 2 aromatic rings. The van der Waals surface area contributed by atoms with Crippen LogP contribution in [0.3, 0.4) is 0 Å². The van der Waals surface area contributed by atoms with Gasteiger partial charge in [-0.2, -0.15) is 0 Å². The minimum Gasteiger partial charge on any atom is -0.494 e. The molecule has 2 rings (SSSR count). The Hall–Kier alpha value is -2.92. The number of esters is 1. The predicted octanol–water partition coefficient (Wildman–Crippen LogP) is 5.98. The summed E-state index contributed by atoms with van der Waals surface area (Å²) < 4.78 is 11.0. The molecule has 0 aliphatic heterocycles. The van der Waals surface area contributed by atoms with Gasteiger partial charge in [-0.3, -0.25) is 4.79 Å². The molecule has 5 heteroatoms. The van der Waals surface area contributed by atoms with E-state index in [1.165, 1.54) is 6.08 Å². The smallest absolute Gasteiger partial charge is 0.331 e. The first-order valence-corrected chi connectivity index (χ1v) is 11.7. The van der Waals surface area contributed by atoms with Crippen molar-refractivity contribution < 1.29 is 24.2 Å². The molecule has 0 fully saturated rings. The highest BCUT2D eigenvalue weighted by Gasteiger charge is 2.14. The summed E-state index contributed by atoms with van der Waals surface area (Å²) in [5.41, 5.74) is 1.47. The number of ether oxygens (including phenoxy) is 2. The number of rotatable bonds is 13. The minimum atomic E-state index is -0.529. The number of ketones is 1. The van der Waals surface area contributed by atoms with E-state index in [1.807, 2.05) is 32.9 Å². The average molecular weight is 453 g/mol. The van der Waals surface area contributed by atoms with Crippen LogP contribution in [0.5, 0.6) is 5.75 Å². The van der Waals surface area contributed by atoms with Crippen LogP contribution < -0.4 is 4.74 Å². The van der Waals surface area contributed by atoms with Crippen molar-refractivity contribution >= 4 is 17.8 Å². The molecular weight excluding hydrogens is 416 g/mol. The SMILES string of the molecule is CC(C)(C)OC(=O)C=Cc1ccc(C(=O)c2ccc(OCCCCCCCCO)cc2)cc1. The van der Waals surface area contributed by atoms with Crippen LogP contribution in [0.1, 0.15) is 80.8 Å². The first-order chi connectivity index (χ1) is 15.8. The number of benzene rings is 2. The summed E-state index contributed by atoms with van der Waals surface area (Å²) in [6.45, 7) is 6.40. The molecular formula is C28H36O5. The molecule has 33 heavy (non-hydrogen) atoms. The molecule has 178 valence electrons. The number of hydrogen-bond donors (Lipinski definition) is 1. The van der Waals surface area contributed by atoms with E-state index in [-0.39, 0.29) is 12.4 Å². The van der Waals surface area contributed by atoms with Gasteiger partial charge in [-0.15, -0.1) is 0 Å². The van der Waals surface area contributed by atoms with Gasteiger partial charge in [-0.05, 0) is 69.5 Å². The number of hydrogen-bond acceptors (Lipinski definition) is 5. The second kappa shape index (κ2) is 13.6. The van der Waals surface area contributed by atoms with Gasteiger partial charge in [-0.1, -0.05) is 49.9 Å². The zero-order valence-electron chi connectivity index (χ0n) is 20.0. The van der Waals surface area contributed by atoms with Crippen molar-refractivity contribution in [2.45, 2.75) is 64.9 Å². The summed E-state index contributed by atoms with van der Waals surface area (Å²) in [6, 6.07) is 14.3. The van der Waals surface area contributed by atoms with E-state index < -0.39 is 11.6 Å². The molecule has 0 radical (unpaired) electrons. The maximum atomic E-state index is 12.8. The fourth-order valence-electron chi connectivity index (χ4n) is 3.23. The monoisotopic (exact) mass is 452 g/mol. The number of carbonyl (C=O) groups excluding carboxylic acids is 2. The molecule has 0 heterocycles. The van der Waals surface area contributed by atoms with Crippen molar-refractivity contribution in [3.63, 3.8) is 0 Å². The number of carbonyl (C=O) groups is 2. The first kappa shape index (κ1) is 26.3. The van der Waals surface area contributed by atoms with Crippen LogP contribution in [0.15, 0.2) is 54.6 Å². The van der Waals surface area contributed by atoms with E-state index in [2.05, 4.69) is 0 Å². The van der Waals surface area contributed by atoms with Crippen LogP contribution in [0, 0.1) is 0 Å². The van der Waals surface area contributed by atoms with Crippen LogP contribution in [0.25, 0.3) is 6.08 Å². The van der Waals surface area contributed by atoms with Gasteiger partial charge in [0, 0.05) is 23.8 Å². The van der Waals surface area contributed by atoms with Crippen molar-refractivity contribution in [3.8, 4) is 5.75 Å². The molecule has 0 aromatic heterocycles. The summed E-state index contributed by atoms with van der Waals surface area (Å²) >= 11 is 0. The lowest BCUT2D eigenvalue weighted by atomic mass is 10.0. The van der Waals surface area contributed by atoms with Crippen molar-refractivity contribution in [3.05, 3.63) is 71.3 Å². The van der Waals surface area contributed by atoms with Gasteiger partial charge in [0.15, 0.2) is 5.78 Å². The van der Waals surface area contributed by atoms with Crippen molar-refractivity contribution in [2.75, 3.05) is 13.2 Å². The zero-order chi connectivity index (χ0) is 24.1. The lowest BCUT2D eigenvalue weighted by molar-refractivity contribution is -0.148. The fourth-order valence-corrected chi connectivity index (χ4v) is 3.23. The van der Waals surface area contributed by atoms with E-state index in [9.17, 15) is 9.59 Å².